The Morgan fingerprint density at radius 1 is 0.247 bits per heavy atom. The fraction of sp³-hybridized carbons (Fsp3) is 0.904. The molecule has 1 saturated carbocycles. The van der Waals surface area contributed by atoms with Gasteiger partial charge in [0, 0.05) is 50.0 Å². The molecule has 150 heavy (non-hydrogen) atoms. The Morgan fingerprint density at radius 2 is 0.473 bits per heavy atom. The molecule has 12 rings (SSSR count). The van der Waals surface area contributed by atoms with E-state index in [0.717, 1.165) is 53.8 Å². The lowest BCUT2D eigenvalue weighted by atomic mass is 9.55. The van der Waals surface area contributed by atoms with Gasteiger partial charge in [0.25, 0.3) is 0 Å². The third-order valence-electron chi connectivity index (χ3n) is 37.4. The van der Waals surface area contributed by atoms with Gasteiger partial charge in [-0.3, -0.25) is 0 Å². The molecule has 2 amide bonds. The highest BCUT2D eigenvalue weighted by molar-refractivity contribution is 5.79. The van der Waals surface area contributed by atoms with Gasteiger partial charge >= 0.3 is 6.03 Å². The van der Waals surface area contributed by atoms with Gasteiger partial charge in [-0.2, -0.15) is 0 Å². The maximum atomic E-state index is 12.7. The minimum Gasteiger partial charge on any atom is -0.369 e. The standard InChI is InChI=1S/C32H46.C19H38O2.C18H34O4.C18H36O2.C18H34O.C16H32O2.C15H30N2O/c1-17(2)21-13-25-27(15-23(21)19(5)6)31(9,10)30-26-14-22(18(3)4)24(20(7)8)16-28(26)32(11,12)29(25)30;1-11(2)10-15-16(12(3)4)17(13(5)6)18(14(7)8)19(20-9)21-15;1-9(2)13-14(10(3)4)20-18-17(19-13)21-15(11(5)6)16(22-18)12(7)8;1-10(2)14-15(11(3)4)17(13(7)8)20-18(19-9)16(14)12(5)6;1-9(2)13-14(10(3)4)16(12(7)8)18-17(19-18)15(13)11(5)6;1-9(2)13-14(10(3)4)18-16(12(7)8)15(17-13)11(5)6;1-9(2)13-14(10(3)4)17(12(7)8)15(18)16(13)11(5)6/h13-20,29-30H,1-12H3;11-19H,10H2,1-9H3;9-18H,1-8H3;10-18H,1-9H3;9-18H,1-8H3;9-16H,1-8H3;9-14H,1-8H3/t;;;;13?,14?,15?,16?,17-,18-;;/m....1../s1. The maximum absolute atomic E-state index is 12.7. The Kier molecular flexibility index (Phi) is 51.8. The maximum Gasteiger partial charge on any atom is 0.321 e. The van der Waals surface area contributed by atoms with E-state index in [4.69, 9.17) is 52.1 Å². The molecule has 14 heteroatoms. The molecule has 0 N–H and O–H groups in total. The van der Waals surface area contributed by atoms with Gasteiger partial charge in [0.2, 0.25) is 12.6 Å². The molecule has 7 heterocycles. The van der Waals surface area contributed by atoms with Crippen molar-refractivity contribution in [3.8, 4) is 0 Å². The summed E-state index contributed by atoms with van der Waals surface area (Å²) in [6.07, 6.45) is 3.10. The summed E-state index contributed by atoms with van der Waals surface area (Å²) in [7, 11) is 3.60. The SMILES string of the molecule is CC(C)C1C(C(C)C)C(C(C)C)[C@H]2O[C@@H]2C1C(C)C.CC(C)C1C(C(C)C)N(C(C)C)C(=O)N1C(C)C.CC(C)C1OC(C(C)C)C(C(C)C)OC1C(C)C.CC(C)C1OC2OC(C(C)C)C(C(C)C)OC2OC1C(C)C.CC(C)c1cc2c(cc1C(C)C)C(C)(C)C1c3cc(C(C)C)c(C(C)C)cc3C(C)(C)C21.COC1OC(C(C)C)C(C(C)C)C(C(C)C)C1C(C)C.COC1OC(CC(C)C)C(C(C)C)C(C(C)C)C1C(C)C. The normalized spacial score (nSPS) is 32.7. The summed E-state index contributed by atoms with van der Waals surface area (Å²) in [5, 5.41) is 0. The van der Waals surface area contributed by atoms with Crippen LogP contribution in [-0.4, -0.2) is 153 Å². The zero-order chi connectivity index (χ0) is 115. The van der Waals surface area contributed by atoms with E-state index in [9.17, 15) is 4.79 Å². The Labute approximate surface area is 930 Å². The number of carbonyl (C=O) groups is 1. The lowest BCUT2D eigenvalue weighted by Gasteiger charge is -2.52. The molecule has 876 valence electrons. The van der Waals surface area contributed by atoms with E-state index >= 15 is 0 Å². The molecule has 0 radical (unpaired) electrons. The van der Waals surface area contributed by atoms with Crippen LogP contribution in [0.2, 0.25) is 0 Å². The van der Waals surface area contributed by atoms with Gasteiger partial charge in [-0.25, -0.2) is 4.79 Å². The molecule has 2 aromatic rings. The number of carbonyl (C=O) groups excluding carboxylic acids is 1. The van der Waals surface area contributed by atoms with Crippen LogP contribution >= 0.6 is 0 Å². The molecule has 2 aromatic carbocycles. The first-order chi connectivity index (χ1) is 69.1. The minimum absolute atomic E-state index is 0.0452. The van der Waals surface area contributed by atoms with Gasteiger partial charge < -0.3 is 61.9 Å². The Morgan fingerprint density at radius 3 is 0.687 bits per heavy atom. The summed E-state index contributed by atoms with van der Waals surface area (Å²) in [5.74, 6) is 22.7. The van der Waals surface area contributed by atoms with Gasteiger partial charge in [0.1, 0.15) is 0 Å². The van der Waals surface area contributed by atoms with Crippen LogP contribution < -0.4 is 0 Å². The third-order valence-corrected chi connectivity index (χ3v) is 37.4. The number of methoxy groups -OCH3 is 2. The average molecular weight is 2110 g/mol. The molecule has 10 aliphatic rings. The number of amides is 2. The molecule has 3 aliphatic carbocycles. The monoisotopic (exact) mass is 2100 g/mol. The summed E-state index contributed by atoms with van der Waals surface area (Å²) in [5.41, 5.74) is 13.0. The second-order valence-electron chi connectivity index (χ2n) is 59.8. The number of benzene rings is 2. The van der Waals surface area contributed by atoms with Crippen LogP contribution in [0.1, 0.15) is 502 Å². The first-order valence-electron chi connectivity index (χ1n) is 62.5. The Hall–Kier alpha value is -2.73. The highest BCUT2D eigenvalue weighted by Crippen LogP contribution is 2.69. The topological polar surface area (TPSA) is 128 Å². The molecular formula is C136H250N2O12. The van der Waals surface area contributed by atoms with E-state index in [1.807, 2.05) is 0 Å². The smallest absolute Gasteiger partial charge is 0.321 e. The van der Waals surface area contributed by atoms with E-state index in [0.29, 0.717) is 214 Å². The summed E-state index contributed by atoms with van der Waals surface area (Å²) >= 11 is 0. The quantitative estimate of drug-likeness (QED) is 0.0667. The van der Waals surface area contributed by atoms with E-state index in [2.05, 4.69) is 449 Å². The predicted octanol–water partition coefficient (Wildman–Crippen LogP) is 36.1. The number of nitrogens with zero attached hydrogens (tertiary/aromatic N) is 2. The number of epoxide rings is 1. The first kappa shape index (κ1) is 136. The number of ether oxygens (including phenoxy) is 11. The van der Waals surface area contributed by atoms with Crippen molar-refractivity contribution in [2.75, 3.05) is 14.2 Å². The Bertz CT molecular complexity index is 3980. The third kappa shape index (κ3) is 31.2. The number of fused-ring (bicyclic) bond motifs is 7. The first-order valence-corrected chi connectivity index (χ1v) is 62.5. The second kappa shape index (κ2) is 57.2. The predicted molar refractivity (Wildman–Crippen MR) is 638 cm³/mol. The highest BCUT2D eigenvalue weighted by Gasteiger charge is 2.64. The zero-order valence-electron chi connectivity index (χ0n) is 110. The van der Waals surface area contributed by atoms with Crippen LogP contribution in [0.4, 0.5) is 4.79 Å². The van der Waals surface area contributed by atoms with E-state index in [1.165, 1.54) is 0 Å². The summed E-state index contributed by atoms with van der Waals surface area (Å²) < 4.78 is 68.4. The van der Waals surface area contributed by atoms with Gasteiger partial charge in [0.15, 0.2) is 12.6 Å². The molecule has 28 atom stereocenters. The number of hydrogen-bond acceptors (Lipinski definition) is 12. The molecule has 0 aromatic heterocycles. The van der Waals surface area contributed by atoms with Crippen molar-refractivity contribution in [3.63, 3.8) is 0 Å². The highest BCUT2D eigenvalue weighted by atomic mass is 16.8. The van der Waals surface area contributed by atoms with Gasteiger partial charge in [0.05, 0.1) is 85.3 Å². The summed E-state index contributed by atoms with van der Waals surface area (Å²) in [6, 6.07) is 11.9. The Balaban J connectivity index is 0.000000270. The summed E-state index contributed by atoms with van der Waals surface area (Å²) in [6.45, 7) is 138. The van der Waals surface area contributed by atoms with Crippen LogP contribution in [-0.2, 0) is 62.9 Å². The van der Waals surface area contributed by atoms with Crippen molar-refractivity contribution in [3.05, 3.63) is 68.8 Å². The van der Waals surface area contributed by atoms with E-state index in [1.54, 1.807) is 58.7 Å². The molecule has 7 aliphatic heterocycles. The summed E-state index contributed by atoms with van der Waals surface area (Å²) in [4.78, 5) is 16.9. The van der Waals surface area contributed by atoms with Gasteiger partial charge in [-0.1, -0.05) is 412 Å². The van der Waals surface area contributed by atoms with Gasteiger partial charge in [-0.15, -0.1) is 0 Å². The van der Waals surface area contributed by atoms with Crippen molar-refractivity contribution >= 4 is 6.03 Å². The molecule has 26 unspecified atom stereocenters. The van der Waals surface area contributed by atoms with Crippen LogP contribution in [0.3, 0.4) is 0 Å². The largest absolute Gasteiger partial charge is 0.369 e. The average Bonchev–Trinajstić information content (AvgIpc) is 1.51. The van der Waals surface area contributed by atoms with Crippen molar-refractivity contribution in [2.45, 2.75) is 591 Å². The van der Waals surface area contributed by atoms with E-state index < -0.39 is 12.6 Å². The van der Waals surface area contributed by atoms with Crippen LogP contribution in [0.15, 0.2) is 24.3 Å². The molecule has 0 bridgehead atoms. The van der Waals surface area contributed by atoms with Crippen molar-refractivity contribution in [1.82, 2.24) is 9.80 Å². The molecule has 7 saturated heterocycles. The number of rotatable bonds is 31. The minimum atomic E-state index is -0.412. The molecule has 14 nitrogen and oxygen atoms in total. The zero-order valence-corrected chi connectivity index (χ0v) is 110. The van der Waals surface area contributed by atoms with Crippen LogP contribution in [0, 0.1) is 189 Å². The van der Waals surface area contributed by atoms with E-state index in [-0.39, 0.29) is 90.4 Å². The van der Waals surface area contributed by atoms with Crippen molar-refractivity contribution in [1.29, 1.82) is 0 Å². The molecular weight excluding hydrogens is 1850 g/mol. The second-order valence-corrected chi connectivity index (χ2v) is 59.8. The van der Waals surface area contributed by atoms with Crippen LogP contribution in [0.25, 0.3) is 0 Å². The van der Waals surface area contributed by atoms with Gasteiger partial charge in [-0.05, 0) is 291 Å². The number of urea groups is 1. The number of hydrogen-bond donors (Lipinski definition) is 0. The van der Waals surface area contributed by atoms with Crippen molar-refractivity contribution in [2.24, 2.45) is 189 Å². The molecule has 8 fully saturated rings. The molecule has 0 spiro atoms. The lowest BCUT2D eigenvalue weighted by molar-refractivity contribution is -0.428. The lowest BCUT2D eigenvalue weighted by Crippen LogP contribution is -2.62. The van der Waals surface area contributed by atoms with Crippen molar-refractivity contribution < 1.29 is 56.9 Å². The fourth-order valence-corrected chi connectivity index (χ4v) is 30.6. The van der Waals surface area contributed by atoms with Crippen LogP contribution in [0.5, 0.6) is 0 Å². The fourth-order valence-electron chi connectivity index (χ4n) is 30.6.